The highest BCUT2D eigenvalue weighted by Crippen LogP contribution is 2.25. The molecule has 0 bridgehead atoms. The number of carbonyl (C=O) groups is 2. The molecule has 0 spiro atoms. The summed E-state index contributed by atoms with van der Waals surface area (Å²) >= 11 is 1.61. The second-order valence-electron chi connectivity index (χ2n) is 6.81. The molecule has 0 saturated carbocycles. The minimum Gasteiger partial charge on any atom is -0.336 e. The maximum Gasteiger partial charge on any atom is 0.229 e. The number of nitrogens with zero attached hydrogens (tertiary/aromatic N) is 3. The molecule has 3 heterocycles. The van der Waals surface area contributed by atoms with E-state index in [1.807, 2.05) is 54.8 Å². The topological polar surface area (TPSA) is 75.2 Å². The predicted octanol–water partition coefficient (Wildman–Crippen LogP) is 3.50. The average molecular weight is 392 g/mol. The molecule has 6 nitrogen and oxygen atoms in total. The number of thiazole rings is 1. The summed E-state index contributed by atoms with van der Waals surface area (Å²) in [6, 6.07) is 13.2. The van der Waals surface area contributed by atoms with Crippen molar-refractivity contribution in [3.8, 4) is 11.3 Å². The van der Waals surface area contributed by atoms with Crippen LogP contribution in [0.3, 0.4) is 0 Å². The van der Waals surface area contributed by atoms with Crippen molar-refractivity contribution in [1.29, 1.82) is 0 Å². The van der Waals surface area contributed by atoms with Crippen LogP contribution >= 0.6 is 11.3 Å². The largest absolute Gasteiger partial charge is 0.336 e. The number of anilines is 1. The third kappa shape index (κ3) is 4.09. The summed E-state index contributed by atoms with van der Waals surface area (Å²) in [6.07, 6.45) is 1.94. The van der Waals surface area contributed by atoms with Gasteiger partial charge in [-0.1, -0.05) is 18.2 Å². The molecule has 1 aromatic carbocycles. The quantitative estimate of drug-likeness (QED) is 0.721. The normalized spacial score (nSPS) is 16.4. The van der Waals surface area contributed by atoms with E-state index in [2.05, 4.69) is 15.3 Å². The summed E-state index contributed by atoms with van der Waals surface area (Å²) in [4.78, 5) is 35.3. The number of aromatic nitrogens is 2. The van der Waals surface area contributed by atoms with Crippen LogP contribution in [-0.2, 0) is 16.1 Å². The van der Waals surface area contributed by atoms with E-state index in [4.69, 9.17) is 0 Å². The van der Waals surface area contributed by atoms with Gasteiger partial charge in [0.1, 0.15) is 0 Å². The van der Waals surface area contributed by atoms with Gasteiger partial charge in [-0.25, -0.2) is 4.98 Å². The summed E-state index contributed by atoms with van der Waals surface area (Å²) in [5.41, 5.74) is 3.49. The second kappa shape index (κ2) is 7.90. The molecule has 1 N–H and O–H groups in total. The number of likely N-dealkylation sites (tertiary alicyclic amines) is 1. The molecular formula is C21H20N4O2S. The third-order valence-electron chi connectivity index (χ3n) is 4.73. The lowest BCUT2D eigenvalue weighted by molar-refractivity contribution is -0.128. The molecular weight excluding hydrogens is 372 g/mol. The van der Waals surface area contributed by atoms with E-state index < -0.39 is 0 Å². The highest BCUT2D eigenvalue weighted by atomic mass is 32.1. The Bertz CT molecular complexity index is 985. The van der Waals surface area contributed by atoms with Gasteiger partial charge in [0.25, 0.3) is 0 Å². The van der Waals surface area contributed by atoms with Gasteiger partial charge < -0.3 is 10.2 Å². The van der Waals surface area contributed by atoms with Gasteiger partial charge in [0.15, 0.2) is 0 Å². The zero-order valence-electron chi connectivity index (χ0n) is 15.5. The predicted molar refractivity (Wildman–Crippen MR) is 109 cm³/mol. The van der Waals surface area contributed by atoms with Crippen LogP contribution in [-0.4, -0.2) is 33.2 Å². The molecule has 28 heavy (non-hydrogen) atoms. The first-order valence-corrected chi connectivity index (χ1v) is 9.97. The first-order chi connectivity index (χ1) is 13.6. The van der Waals surface area contributed by atoms with E-state index in [1.54, 1.807) is 22.4 Å². The monoisotopic (exact) mass is 392 g/mol. The highest BCUT2D eigenvalue weighted by molar-refractivity contribution is 7.09. The van der Waals surface area contributed by atoms with Crippen molar-refractivity contribution >= 4 is 28.8 Å². The average Bonchev–Trinajstić information content (AvgIpc) is 3.29. The number of hydrogen-bond acceptors (Lipinski definition) is 5. The number of carbonyl (C=O) groups excluding carboxylic acids is 2. The van der Waals surface area contributed by atoms with E-state index in [0.717, 1.165) is 27.6 Å². The smallest absolute Gasteiger partial charge is 0.229 e. The number of hydrogen-bond donors (Lipinski definition) is 1. The molecule has 142 valence electrons. The molecule has 2 amide bonds. The van der Waals surface area contributed by atoms with Crippen LogP contribution in [0, 0.1) is 12.8 Å². The number of nitrogens with one attached hydrogen (secondary N) is 1. The Kier molecular flexibility index (Phi) is 5.16. The Labute approximate surface area is 167 Å². The fourth-order valence-corrected chi connectivity index (χ4v) is 3.87. The molecule has 1 unspecified atom stereocenters. The van der Waals surface area contributed by atoms with Gasteiger partial charge in [-0.05, 0) is 31.2 Å². The first-order valence-electron chi connectivity index (χ1n) is 9.09. The minimum atomic E-state index is -0.350. The van der Waals surface area contributed by atoms with Crippen molar-refractivity contribution in [2.45, 2.75) is 19.9 Å². The fourth-order valence-electron chi connectivity index (χ4n) is 3.25. The number of amides is 2. The maximum atomic E-state index is 12.6. The Balaban J connectivity index is 1.36. The van der Waals surface area contributed by atoms with Gasteiger partial charge >= 0.3 is 0 Å². The van der Waals surface area contributed by atoms with Crippen LogP contribution in [0.15, 0.2) is 54.0 Å². The molecule has 1 atom stereocenters. The molecule has 4 rings (SSSR count). The molecule has 1 aliphatic rings. The van der Waals surface area contributed by atoms with Crippen LogP contribution in [0.5, 0.6) is 0 Å². The Hall–Kier alpha value is -3.06. The molecule has 1 fully saturated rings. The molecule has 7 heteroatoms. The molecule has 0 radical (unpaired) electrons. The zero-order valence-corrected chi connectivity index (χ0v) is 16.3. The van der Waals surface area contributed by atoms with Crippen molar-refractivity contribution in [3.63, 3.8) is 0 Å². The molecule has 0 aliphatic carbocycles. The van der Waals surface area contributed by atoms with Crippen LogP contribution in [0.2, 0.25) is 0 Å². The maximum absolute atomic E-state index is 12.6. The van der Waals surface area contributed by atoms with Crippen LogP contribution < -0.4 is 5.32 Å². The number of benzene rings is 1. The van der Waals surface area contributed by atoms with Gasteiger partial charge in [0, 0.05) is 35.8 Å². The van der Waals surface area contributed by atoms with Crippen molar-refractivity contribution in [3.05, 3.63) is 64.7 Å². The van der Waals surface area contributed by atoms with Crippen LogP contribution in [0.4, 0.5) is 5.69 Å². The Morgan fingerprint density at radius 3 is 2.75 bits per heavy atom. The first kappa shape index (κ1) is 18.3. The lowest BCUT2D eigenvalue weighted by Crippen LogP contribution is -2.28. The van der Waals surface area contributed by atoms with Crippen LogP contribution in [0.1, 0.15) is 17.1 Å². The molecule has 1 aliphatic heterocycles. The van der Waals surface area contributed by atoms with Gasteiger partial charge in [-0.15, -0.1) is 11.3 Å². The van der Waals surface area contributed by atoms with E-state index in [-0.39, 0.29) is 24.2 Å². The van der Waals surface area contributed by atoms with Crippen molar-refractivity contribution in [1.82, 2.24) is 14.9 Å². The van der Waals surface area contributed by atoms with E-state index in [9.17, 15) is 9.59 Å². The van der Waals surface area contributed by atoms with Crippen molar-refractivity contribution < 1.29 is 9.59 Å². The number of rotatable bonds is 5. The van der Waals surface area contributed by atoms with Gasteiger partial charge in [-0.3, -0.25) is 14.6 Å². The van der Waals surface area contributed by atoms with E-state index in [0.29, 0.717) is 13.1 Å². The van der Waals surface area contributed by atoms with Crippen molar-refractivity contribution in [2.75, 3.05) is 11.9 Å². The molecule has 3 aromatic rings. The van der Waals surface area contributed by atoms with Crippen LogP contribution in [0.25, 0.3) is 11.3 Å². The molecule has 1 saturated heterocycles. The summed E-state index contributed by atoms with van der Waals surface area (Å²) in [6.45, 7) is 2.82. The second-order valence-corrected chi connectivity index (χ2v) is 7.88. The van der Waals surface area contributed by atoms with Gasteiger partial charge in [0.2, 0.25) is 11.8 Å². The van der Waals surface area contributed by atoms with Crippen molar-refractivity contribution in [2.24, 2.45) is 5.92 Å². The summed E-state index contributed by atoms with van der Waals surface area (Å²) in [5.74, 6) is -0.494. The van der Waals surface area contributed by atoms with Gasteiger partial charge in [-0.2, -0.15) is 0 Å². The number of aryl methyl sites for hydroxylation is 1. The highest BCUT2D eigenvalue weighted by Gasteiger charge is 2.34. The zero-order chi connectivity index (χ0) is 19.5. The molecule has 2 aromatic heterocycles. The van der Waals surface area contributed by atoms with E-state index in [1.165, 1.54) is 0 Å². The Morgan fingerprint density at radius 1 is 1.25 bits per heavy atom. The minimum absolute atomic E-state index is 0.0138. The fraction of sp³-hybridized carbons (Fsp3) is 0.238. The lowest BCUT2D eigenvalue weighted by Gasteiger charge is -2.16. The summed E-state index contributed by atoms with van der Waals surface area (Å²) in [5, 5.41) is 5.96. The standard InChI is InChI=1S/C21H20N4O2S/c1-14-23-19(13-28-14)15-5-7-17(8-6-15)24-21(27)16-10-20(26)25(11-16)12-18-4-2-3-9-22-18/h2-9,13,16H,10-12H2,1H3,(H,24,27). The SMILES string of the molecule is Cc1nc(-c2ccc(NC(=O)C3CC(=O)N(Cc4ccccn4)C3)cc2)cs1. The van der Waals surface area contributed by atoms with Gasteiger partial charge in [0.05, 0.1) is 28.9 Å². The Morgan fingerprint density at radius 2 is 2.07 bits per heavy atom. The third-order valence-corrected chi connectivity index (χ3v) is 5.51. The number of pyridine rings is 1. The summed E-state index contributed by atoms with van der Waals surface area (Å²) in [7, 11) is 0. The lowest BCUT2D eigenvalue weighted by atomic mass is 10.1. The summed E-state index contributed by atoms with van der Waals surface area (Å²) < 4.78 is 0. The van der Waals surface area contributed by atoms with E-state index >= 15 is 0 Å².